The van der Waals surface area contributed by atoms with Gasteiger partial charge in [0.15, 0.2) is 5.65 Å². The van der Waals surface area contributed by atoms with E-state index in [1.165, 1.54) is 6.20 Å². The molecule has 2 N–H and O–H groups in total. The Morgan fingerprint density at radius 1 is 0.929 bits per heavy atom. The van der Waals surface area contributed by atoms with Crippen LogP contribution < -0.4 is 20.3 Å². The molecule has 290 valence electrons. The lowest BCUT2D eigenvalue weighted by molar-refractivity contribution is -0.136. The van der Waals surface area contributed by atoms with E-state index in [-0.39, 0.29) is 42.2 Å². The Labute approximate surface area is 323 Å². The summed E-state index contributed by atoms with van der Waals surface area (Å²) in [5, 5.41) is 9.60. The summed E-state index contributed by atoms with van der Waals surface area (Å²) >= 11 is 0. The molecule has 5 amide bonds. The summed E-state index contributed by atoms with van der Waals surface area (Å²) in [6.07, 6.45) is 9.07. The maximum Gasteiger partial charge on any atom is 0.261 e. The minimum absolute atomic E-state index is 0.000950. The maximum absolute atomic E-state index is 13.9. The monoisotopic (exact) mass is 759 g/mol. The number of amides is 5. The van der Waals surface area contributed by atoms with Crippen LogP contribution in [0.4, 0.5) is 11.4 Å². The molecule has 0 bridgehead atoms. The third kappa shape index (κ3) is 6.33. The first kappa shape index (κ1) is 35.8. The second-order valence-electron chi connectivity index (χ2n) is 15.9. The number of fused-ring (bicyclic) bond motifs is 3. The molecule has 9 rings (SSSR count). The molecule has 4 aliphatic heterocycles. The molecule has 15 nitrogen and oxygen atoms in total. The maximum atomic E-state index is 13.9. The summed E-state index contributed by atoms with van der Waals surface area (Å²) in [6.45, 7) is 6.44. The molecule has 56 heavy (non-hydrogen) atoms. The summed E-state index contributed by atoms with van der Waals surface area (Å²) in [7, 11) is 2.21. The van der Waals surface area contributed by atoms with Gasteiger partial charge >= 0.3 is 0 Å². The second-order valence-corrected chi connectivity index (χ2v) is 15.9. The van der Waals surface area contributed by atoms with E-state index in [0.717, 1.165) is 55.6 Å². The number of likely N-dealkylation sites (N-methyl/N-ethyl adjacent to an activating group) is 1. The van der Waals surface area contributed by atoms with E-state index in [4.69, 9.17) is 4.74 Å². The highest BCUT2D eigenvalue weighted by molar-refractivity contribution is 6.09. The number of imide groups is 1. The summed E-state index contributed by atoms with van der Waals surface area (Å²) in [4.78, 5) is 77.2. The van der Waals surface area contributed by atoms with Gasteiger partial charge in [-0.05, 0) is 101 Å². The normalized spacial score (nSPS) is 22.5. The van der Waals surface area contributed by atoms with Crippen molar-refractivity contribution in [1.29, 1.82) is 0 Å². The topological polar surface area (TPSA) is 162 Å². The van der Waals surface area contributed by atoms with E-state index in [2.05, 4.69) is 43.6 Å². The van der Waals surface area contributed by atoms with E-state index in [1.807, 2.05) is 36.9 Å². The Morgan fingerprint density at radius 2 is 1.68 bits per heavy atom. The average molecular weight is 760 g/mol. The Kier molecular flexibility index (Phi) is 8.98. The lowest BCUT2D eigenvalue weighted by atomic mass is 9.88. The highest BCUT2D eigenvalue weighted by atomic mass is 16.5. The predicted molar refractivity (Wildman–Crippen MR) is 205 cm³/mol. The number of rotatable bonds is 9. The summed E-state index contributed by atoms with van der Waals surface area (Å²) in [5.74, 6) is -0.749. The molecule has 0 radical (unpaired) electrons. The van der Waals surface area contributed by atoms with Crippen LogP contribution in [0, 0.1) is 0 Å². The van der Waals surface area contributed by atoms with Gasteiger partial charge in [0, 0.05) is 79.9 Å². The second kappa shape index (κ2) is 14.0. The quantitative estimate of drug-likeness (QED) is 0.241. The number of aromatic nitrogens is 3. The van der Waals surface area contributed by atoms with Crippen molar-refractivity contribution in [2.45, 2.75) is 95.7 Å². The minimum Gasteiger partial charge on any atom is -0.489 e. The Morgan fingerprint density at radius 3 is 2.45 bits per heavy atom. The Bertz CT molecular complexity index is 2270. The average Bonchev–Trinajstić information content (AvgIpc) is 3.84. The van der Waals surface area contributed by atoms with E-state index in [9.17, 15) is 24.0 Å². The standard InChI is InChI=1S/C41H45N9O6/c1-23(2)56-35-17-31-25(16-33(35)44-38(52)32-18-43-50-14-4-13-42-37(32)50)19-48(41(31)55)27-7-5-26(6-8-27)46(3)29-21-47(22-29)28-9-10-30-24(15-28)20-49(40(30)54)34-11-12-36(51)45-39(34)53/h4,9-10,13-18,23,26-27,29,34H,5-8,11-12,19-22H2,1-3H3,(H,44,52)(H,45,51,53)/t26-,27-,34?. The van der Waals surface area contributed by atoms with Crippen LogP contribution in [0.3, 0.4) is 0 Å². The first-order valence-electron chi connectivity index (χ1n) is 19.5. The molecule has 15 heteroatoms. The molecule has 0 spiro atoms. The molecule has 4 aromatic rings. The molecule has 2 aromatic carbocycles. The van der Waals surface area contributed by atoms with Crippen LogP contribution in [-0.4, -0.2) is 109 Å². The number of carbonyl (C=O) groups excluding carboxylic acids is 5. The first-order valence-corrected chi connectivity index (χ1v) is 19.5. The van der Waals surface area contributed by atoms with Gasteiger partial charge in [-0.15, -0.1) is 0 Å². The number of nitrogens with zero attached hydrogens (tertiary/aromatic N) is 7. The van der Waals surface area contributed by atoms with Crippen LogP contribution in [0.25, 0.3) is 5.65 Å². The van der Waals surface area contributed by atoms with Crippen LogP contribution >= 0.6 is 0 Å². The van der Waals surface area contributed by atoms with Crippen molar-refractivity contribution in [1.82, 2.24) is 34.6 Å². The molecule has 5 aliphatic rings. The van der Waals surface area contributed by atoms with Gasteiger partial charge in [0.1, 0.15) is 17.4 Å². The van der Waals surface area contributed by atoms with Gasteiger partial charge in [-0.2, -0.15) is 5.10 Å². The van der Waals surface area contributed by atoms with Crippen molar-refractivity contribution in [3.05, 3.63) is 82.8 Å². The van der Waals surface area contributed by atoms with Crippen molar-refractivity contribution in [3.63, 3.8) is 0 Å². The van der Waals surface area contributed by atoms with Gasteiger partial charge in [0.25, 0.3) is 17.7 Å². The number of ether oxygens (including phenoxy) is 1. The molecule has 3 fully saturated rings. The van der Waals surface area contributed by atoms with Gasteiger partial charge in [0.05, 0.1) is 18.0 Å². The highest BCUT2D eigenvalue weighted by Gasteiger charge is 2.42. The predicted octanol–water partition coefficient (Wildman–Crippen LogP) is 3.62. The molecule has 1 aliphatic carbocycles. The van der Waals surface area contributed by atoms with Gasteiger partial charge in [-0.1, -0.05) is 0 Å². The van der Waals surface area contributed by atoms with Crippen LogP contribution in [0.15, 0.2) is 55.0 Å². The number of hydrogen-bond donors (Lipinski definition) is 2. The molecule has 1 saturated carbocycles. The number of benzene rings is 2. The molecule has 1 unspecified atom stereocenters. The molecular weight excluding hydrogens is 715 g/mol. The smallest absolute Gasteiger partial charge is 0.261 e. The molecule has 2 aromatic heterocycles. The van der Waals surface area contributed by atoms with E-state index in [1.54, 1.807) is 33.9 Å². The molecule has 6 heterocycles. The number of carbonyl (C=O) groups is 5. The van der Waals surface area contributed by atoms with E-state index >= 15 is 0 Å². The first-order chi connectivity index (χ1) is 27.0. The largest absolute Gasteiger partial charge is 0.489 e. The zero-order valence-electron chi connectivity index (χ0n) is 31.7. The van der Waals surface area contributed by atoms with Crippen molar-refractivity contribution >= 4 is 46.6 Å². The van der Waals surface area contributed by atoms with Crippen LogP contribution in [0.1, 0.15) is 94.6 Å². The van der Waals surface area contributed by atoms with Gasteiger partial charge in [0.2, 0.25) is 11.8 Å². The lowest BCUT2D eigenvalue weighted by Crippen LogP contribution is -2.61. The van der Waals surface area contributed by atoms with Gasteiger partial charge in [-0.3, -0.25) is 34.2 Å². The number of hydrogen-bond acceptors (Lipinski definition) is 10. The fraction of sp³-hybridized carbons (Fsp3) is 0.439. The number of anilines is 2. The molecular formula is C41H45N9O6. The van der Waals surface area contributed by atoms with E-state index < -0.39 is 11.9 Å². The van der Waals surface area contributed by atoms with Crippen molar-refractivity contribution in [2.75, 3.05) is 30.4 Å². The van der Waals surface area contributed by atoms with Crippen molar-refractivity contribution < 1.29 is 28.7 Å². The SMILES string of the molecule is CC(C)Oc1cc2c(cc1NC(=O)c1cnn3cccnc13)CN([C@H]1CC[C@H](N(C)C3CN(c4ccc5c(c4)CN(C4CCC(=O)NC4=O)C5=O)C3)CC1)C2=O. The van der Waals surface area contributed by atoms with Gasteiger partial charge < -0.3 is 24.8 Å². The summed E-state index contributed by atoms with van der Waals surface area (Å²) in [6, 6.07) is 11.6. The third-order valence-electron chi connectivity index (χ3n) is 12.2. The van der Waals surface area contributed by atoms with Crippen molar-refractivity contribution in [2.24, 2.45) is 0 Å². The number of nitrogens with one attached hydrogen (secondary N) is 2. The van der Waals surface area contributed by atoms with Crippen molar-refractivity contribution in [3.8, 4) is 5.75 Å². The fourth-order valence-electron chi connectivity index (χ4n) is 9.04. The summed E-state index contributed by atoms with van der Waals surface area (Å²) < 4.78 is 7.66. The van der Waals surface area contributed by atoms with Crippen LogP contribution in [-0.2, 0) is 22.7 Å². The Balaban J connectivity index is 0.802. The van der Waals surface area contributed by atoms with E-state index in [0.29, 0.717) is 65.4 Å². The van der Waals surface area contributed by atoms with Crippen LogP contribution in [0.2, 0.25) is 0 Å². The fourth-order valence-corrected chi connectivity index (χ4v) is 9.04. The molecule has 2 saturated heterocycles. The van der Waals surface area contributed by atoms with Crippen LogP contribution in [0.5, 0.6) is 5.75 Å². The number of piperidine rings is 1. The summed E-state index contributed by atoms with van der Waals surface area (Å²) in [5.41, 5.74) is 5.40. The zero-order valence-corrected chi connectivity index (χ0v) is 31.7. The lowest BCUT2D eigenvalue weighted by Gasteiger charge is -2.49. The van der Waals surface area contributed by atoms with Gasteiger partial charge in [-0.25, -0.2) is 9.50 Å². The highest BCUT2D eigenvalue weighted by Crippen LogP contribution is 2.39. The minimum atomic E-state index is -0.620. The molecule has 1 atom stereocenters. The third-order valence-corrected chi connectivity index (χ3v) is 12.2. The zero-order chi connectivity index (χ0) is 38.8. The Hall–Kier alpha value is -5.83.